The Bertz CT molecular complexity index is 496. The average Bonchev–Trinajstić information content (AvgIpc) is 3.03. The van der Waals surface area contributed by atoms with E-state index in [9.17, 15) is 0 Å². The van der Waals surface area contributed by atoms with Gasteiger partial charge in [0.1, 0.15) is 0 Å². The number of halogens is 2. The monoisotopic (exact) mass is 277 g/mol. The Hall–Kier alpha value is -1.18. The number of rotatable bonds is 2. The smallest absolute Gasteiger partial charge is 0.0747 e. The molecule has 0 amide bonds. The molecular weight excluding hydrogens is 265 g/mol. The van der Waals surface area contributed by atoms with Crippen molar-refractivity contribution < 1.29 is 0 Å². The number of hydrogen-bond acceptors (Lipinski definition) is 1. The summed E-state index contributed by atoms with van der Waals surface area (Å²) in [6, 6.07) is 17.0. The Morgan fingerprint density at radius 1 is 0.833 bits per heavy atom. The first-order chi connectivity index (χ1) is 8.66. The molecule has 0 radical (unpaired) electrons. The van der Waals surface area contributed by atoms with Gasteiger partial charge < -0.3 is 4.90 Å². The van der Waals surface area contributed by atoms with Gasteiger partial charge in [0.05, 0.1) is 12.1 Å². The summed E-state index contributed by atoms with van der Waals surface area (Å²) in [6.45, 7) is 2.23. The molecule has 0 saturated carbocycles. The minimum Gasteiger partial charge on any atom is -0.357 e. The summed E-state index contributed by atoms with van der Waals surface area (Å²) in [7, 11) is 0. The molecule has 0 N–H and O–H groups in total. The van der Waals surface area contributed by atoms with E-state index in [0.29, 0.717) is 12.1 Å². The first-order valence-electron chi connectivity index (χ1n) is 5.96. The normalized spacial score (nSPS) is 22.1. The highest BCUT2D eigenvalue weighted by Crippen LogP contribution is 2.46. The second-order valence-electron chi connectivity index (χ2n) is 4.62. The summed E-state index contributed by atoms with van der Waals surface area (Å²) < 4.78 is 0. The molecule has 1 nitrogen and oxygen atoms in total. The summed E-state index contributed by atoms with van der Waals surface area (Å²) >= 11 is 11.8. The van der Waals surface area contributed by atoms with Crippen molar-refractivity contribution in [3.63, 3.8) is 0 Å². The molecule has 3 rings (SSSR count). The lowest BCUT2D eigenvalue weighted by atomic mass is 10.1. The van der Waals surface area contributed by atoms with Crippen LogP contribution in [0.3, 0.4) is 0 Å². The van der Waals surface area contributed by atoms with Crippen molar-refractivity contribution in [1.29, 1.82) is 0 Å². The molecule has 0 unspecified atom stereocenters. The molecule has 0 bridgehead atoms. The standard InChI is InChI=1S/C15H13Cl2N/c1-10-15(11-2-4-12(16)5-3-11)18(10)14-8-6-13(17)7-9-14/h2-10,15H,1H3/t10-,15-,18?/m0/s1. The van der Waals surface area contributed by atoms with Crippen LogP contribution in [0.5, 0.6) is 0 Å². The van der Waals surface area contributed by atoms with E-state index < -0.39 is 0 Å². The van der Waals surface area contributed by atoms with Crippen molar-refractivity contribution >= 4 is 28.9 Å². The minimum atomic E-state index is 0.448. The summed E-state index contributed by atoms with van der Waals surface area (Å²) in [5, 5.41) is 1.56. The molecule has 3 heteroatoms. The van der Waals surface area contributed by atoms with Gasteiger partial charge >= 0.3 is 0 Å². The van der Waals surface area contributed by atoms with E-state index in [1.807, 2.05) is 24.3 Å². The van der Waals surface area contributed by atoms with Gasteiger partial charge in [-0.3, -0.25) is 0 Å². The fourth-order valence-electron chi connectivity index (χ4n) is 2.46. The quantitative estimate of drug-likeness (QED) is 0.703. The van der Waals surface area contributed by atoms with Gasteiger partial charge in [-0.1, -0.05) is 35.3 Å². The van der Waals surface area contributed by atoms with Crippen LogP contribution >= 0.6 is 23.2 Å². The maximum absolute atomic E-state index is 5.92. The Morgan fingerprint density at radius 3 is 1.89 bits per heavy atom. The molecule has 1 aliphatic rings. The molecule has 1 heterocycles. The third kappa shape index (κ3) is 2.09. The van der Waals surface area contributed by atoms with E-state index in [1.54, 1.807) is 0 Å². The van der Waals surface area contributed by atoms with Gasteiger partial charge in [0.15, 0.2) is 0 Å². The summed E-state index contributed by atoms with van der Waals surface area (Å²) in [5.74, 6) is 0. The van der Waals surface area contributed by atoms with E-state index in [4.69, 9.17) is 23.2 Å². The molecule has 1 aliphatic heterocycles. The maximum Gasteiger partial charge on any atom is 0.0747 e. The van der Waals surface area contributed by atoms with Crippen LogP contribution in [0.1, 0.15) is 18.5 Å². The highest BCUT2D eigenvalue weighted by Gasteiger charge is 2.44. The van der Waals surface area contributed by atoms with Crippen LogP contribution < -0.4 is 4.90 Å². The average molecular weight is 278 g/mol. The molecular formula is C15H13Cl2N. The fraction of sp³-hybridized carbons (Fsp3) is 0.200. The zero-order valence-electron chi connectivity index (χ0n) is 9.98. The number of benzene rings is 2. The molecule has 1 saturated heterocycles. The summed E-state index contributed by atoms with van der Waals surface area (Å²) in [6.07, 6.45) is 0. The molecule has 2 aromatic rings. The number of hydrogen-bond donors (Lipinski definition) is 0. The predicted octanol–water partition coefficient (Wildman–Crippen LogP) is 4.94. The van der Waals surface area contributed by atoms with E-state index >= 15 is 0 Å². The van der Waals surface area contributed by atoms with E-state index in [2.05, 4.69) is 36.1 Å². The van der Waals surface area contributed by atoms with Gasteiger partial charge in [-0.15, -0.1) is 0 Å². The van der Waals surface area contributed by atoms with Crippen molar-refractivity contribution in [3.05, 3.63) is 64.1 Å². The summed E-state index contributed by atoms with van der Waals surface area (Å²) in [4.78, 5) is 2.37. The Morgan fingerprint density at radius 2 is 1.33 bits per heavy atom. The molecule has 0 spiro atoms. The van der Waals surface area contributed by atoms with Crippen LogP contribution in [0.4, 0.5) is 5.69 Å². The van der Waals surface area contributed by atoms with E-state index in [-0.39, 0.29) is 0 Å². The number of nitrogens with zero attached hydrogens (tertiary/aromatic N) is 1. The van der Waals surface area contributed by atoms with Crippen LogP contribution in [-0.2, 0) is 0 Å². The first-order valence-corrected chi connectivity index (χ1v) is 6.72. The van der Waals surface area contributed by atoms with Crippen LogP contribution in [-0.4, -0.2) is 6.04 Å². The van der Waals surface area contributed by atoms with Crippen LogP contribution in [0.15, 0.2) is 48.5 Å². The van der Waals surface area contributed by atoms with Crippen LogP contribution in [0.2, 0.25) is 10.0 Å². The van der Waals surface area contributed by atoms with Crippen molar-refractivity contribution in [1.82, 2.24) is 0 Å². The van der Waals surface area contributed by atoms with Crippen molar-refractivity contribution in [2.75, 3.05) is 4.90 Å². The number of anilines is 1. The van der Waals surface area contributed by atoms with Gasteiger partial charge in [0.2, 0.25) is 0 Å². The van der Waals surface area contributed by atoms with Crippen molar-refractivity contribution in [3.8, 4) is 0 Å². The Labute approximate surface area is 117 Å². The SMILES string of the molecule is C[C@H]1[C@@H](c2ccc(Cl)cc2)N1c1ccc(Cl)cc1. The molecule has 0 aromatic heterocycles. The lowest BCUT2D eigenvalue weighted by molar-refractivity contribution is 1.04. The van der Waals surface area contributed by atoms with Gasteiger partial charge in [0.25, 0.3) is 0 Å². The molecule has 2 atom stereocenters. The molecule has 1 fully saturated rings. The lowest BCUT2D eigenvalue weighted by Crippen LogP contribution is -1.95. The van der Waals surface area contributed by atoms with Crippen molar-refractivity contribution in [2.24, 2.45) is 0 Å². The summed E-state index contributed by atoms with van der Waals surface area (Å²) in [5.41, 5.74) is 2.52. The Balaban J connectivity index is 1.84. The first kappa shape index (κ1) is 11.9. The second kappa shape index (κ2) is 4.49. The maximum atomic E-state index is 5.92. The lowest BCUT2D eigenvalue weighted by Gasteiger charge is -2.06. The topological polar surface area (TPSA) is 3.01 Å². The van der Waals surface area contributed by atoms with Gasteiger partial charge in [-0.2, -0.15) is 0 Å². The van der Waals surface area contributed by atoms with Gasteiger partial charge in [-0.05, 0) is 48.9 Å². The van der Waals surface area contributed by atoms with E-state index in [1.165, 1.54) is 11.3 Å². The molecule has 92 valence electrons. The van der Waals surface area contributed by atoms with Crippen LogP contribution in [0.25, 0.3) is 0 Å². The predicted molar refractivity (Wildman–Crippen MR) is 77.6 cm³/mol. The zero-order chi connectivity index (χ0) is 12.7. The van der Waals surface area contributed by atoms with Gasteiger partial charge in [-0.25, -0.2) is 0 Å². The second-order valence-corrected chi connectivity index (χ2v) is 5.49. The molecule has 18 heavy (non-hydrogen) atoms. The third-order valence-electron chi connectivity index (χ3n) is 3.44. The Kier molecular flexibility index (Phi) is 2.96. The van der Waals surface area contributed by atoms with E-state index in [0.717, 1.165) is 10.0 Å². The third-order valence-corrected chi connectivity index (χ3v) is 3.95. The zero-order valence-corrected chi connectivity index (χ0v) is 11.5. The largest absolute Gasteiger partial charge is 0.357 e. The molecule has 0 aliphatic carbocycles. The van der Waals surface area contributed by atoms with Gasteiger partial charge in [0, 0.05) is 15.7 Å². The van der Waals surface area contributed by atoms with Crippen molar-refractivity contribution in [2.45, 2.75) is 19.0 Å². The highest BCUT2D eigenvalue weighted by molar-refractivity contribution is 6.30. The fourth-order valence-corrected chi connectivity index (χ4v) is 2.71. The minimum absolute atomic E-state index is 0.448. The van der Waals surface area contributed by atoms with Crippen LogP contribution in [0, 0.1) is 0 Å². The highest BCUT2D eigenvalue weighted by atomic mass is 35.5. The molecule has 2 aromatic carbocycles.